The van der Waals surface area contributed by atoms with Crippen molar-refractivity contribution in [3.05, 3.63) is 39.1 Å². The van der Waals surface area contributed by atoms with Gasteiger partial charge in [0.15, 0.2) is 0 Å². The summed E-state index contributed by atoms with van der Waals surface area (Å²) >= 11 is 8.89. The largest absolute Gasteiger partial charge is 0.327 e. The minimum Gasteiger partial charge on any atom is -0.327 e. The normalized spacial score (nSPS) is 11.1. The zero-order valence-corrected chi connectivity index (χ0v) is 9.07. The quantitative estimate of drug-likeness (QED) is 0.816. The van der Waals surface area contributed by atoms with Gasteiger partial charge in [0.2, 0.25) is 0 Å². The van der Waals surface area contributed by atoms with E-state index in [-0.39, 0.29) is 5.02 Å². The number of halogens is 3. The summed E-state index contributed by atoms with van der Waals surface area (Å²) in [5.41, 5.74) is 5.89. The van der Waals surface area contributed by atoms with E-state index in [0.717, 1.165) is 0 Å². The van der Waals surface area contributed by atoms with Crippen molar-refractivity contribution in [1.29, 1.82) is 0 Å². The first kappa shape index (κ1) is 10.7. The molecule has 0 radical (unpaired) electrons. The minimum absolute atomic E-state index is 0.118. The molecule has 0 atom stereocenters. The Morgan fingerprint density at radius 2 is 2.23 bits per heavy atom. The zero-order chi connectivity index (χ0) is 9.84. The molecule has 4 heteroatoms. The molecule has 1 aromatic carbocycles. The summed E-state index contributed by atoms with van der Waals surface area (Å²) in [6.45, 7) is 0.407. The second kappa shape index (κ2) is 4.74. The van der Waals surface area contributed by atoms with Crippen molar-refractivity contribution in [3.8, 4) is 0 Å². The van der Waals surface area contributed by atoms with E-state index >= 15 is 0 Å². The summed E-state index contributed by atoms with van der Waals surface area (Å²) in [5, 5.41) is 0.118. The molecule has 2 N–H and O–H groups in total. The van der Waals surface area contributed by atoms with Crippen LogP contribution in [0.5, 0.6) is 0 Å². The summed E-state index contributed by atoms with van der Waals surface area (Å²) in [7, 11) is 0. The summed E-state index contributed by atoms with van der Waals surface area (Å²) in [4.78, 5) is 0. The molecule has 0 heterocycles. The van der Waals surface area contributed by atoms with Crippen molar-refractivity contribution in [2.24, 2.45) is 5.73 Å². The van der Waals surface area contributed by atoms with Gasteiger partial charge in [0, 0.05) is 11.0 Å². The molecule has 0 aliphatic carbocycles. The Kier molecular flexibility index (Phi) is 3.90. The smallest absolute Gasteiger partial charge is 0.143 e. The lowest BCUT2D eigenvalue weighted by Crippen LogP contribution is -1.92. The van der Waals surface area contributed by atoms with Gasteiger partial charge in [-0.05, 0) is 17.7 Å². The molecule has 0 bridgehead atoms. The molecule has 0 unspecified atom stereocenters. The van der Waals surface area contributed by atoms with Crippen molar-refractivity contribution in [2.45, 2.75) is 0 Å². The van der Waals surface area contributed by atoms with Crippen LogP contribution in [0.2, 0.25) is 5.02 Å². The van der Waals surface area contributed by atoms with Gasteiger partial charge in [0.25, 0.3) is 0 Å². The van der Waals surface area contributed by atoms with Crippen molar-refractivity contribution in [2.75, 3.05) is 6.54 Å². The predicted octanol–water partition coefficient (Wildman–Crippen LogP) is 3.21. The molecule has 70 valence electrons. The van der Waals surface area contributed by atoms with Crippen LogP contribution in [0.1, 0.15) is 5.56 Å². The maximum atomic E-state index is 13.0. The molecule has 0 fully saturated rings. The fourth-order valence-corrected chi connectivity index (χ4v) is 1.51. The number of rotatable bonds is 2. The van der Waals surface area contributed by atoms with Gasteiger partial charge in [-0.1, -0.05) is 39.7 Å². The van der Waals surface area contributed by atoms with E-state index in [1.54, 1.807) is 18.2 Å². The highest BCUT2D eigenvalue weighted by Gasteiger charge is 2.04. The van der Waals surface area contributed by atoms with E-state index in [1.807, 2.05) is 0 Å². The molecule has 1 aromatic rings. The Labute approximate surface area is 89.5 Å². The maximum Gasteiger partial charge on any atom is 0.143 e. The topological polar surface area (TPSA) is 26.0 Å². The Hall–Kier alpha value is -0.380. The summed E-state index contributed by atoms with van der Waals surface area (Å²) in [5.74, 6) is -0.437. The molecule has 0 saturated heterocycles. The van der Waals surface area contributed by atoms with Crippen LogP contribution in [-0.4, -0.2) is 6.54 Å². The van der Waals surface area contributed by atoms with Crippen molar-refractivity contribution in [1.82, 2.24) is 0 Å². The third kappa shape index (κ3) is 2.79. The first-order chi connectivity index (χ1) is 6.15. The first-order valence-electron chi connectivity index (χ1n) is 3.66. The van der Waals surface area contributed by atoms with Crippen molar-refractivity contribution >= 4 is 33.6 Å². The highest BCUT2D eigenvalue weighted by atomic mass is 79.9. The SMILES string of the molecule is NC/C=C/c1cc(Br)cc(F)c1Cl. The molecular formula is C9H8BrClFN. The molecule has 0 aromatic heterocycles. The van der Waals surface area contributed by atoms with Crippen molar-refractivity contribution in [3.63, 3.8) is 0 Å². The molecule has 0 aliphatic heterocycles. The van der Waals surface area contributed by atoms with Crippen LogP contribution >= 0.6 is 27.5 Å². The van der Waals surface area contributed by atoms with Crippen LogP contribution in [0, 0.1) is 5.82 Å². The standard InChI is InChI=1S/C9H8BrClFN/c10-7-4-6(2-1-3-13)9(11)8(12)5-7/h1-2,4-5H,3,13H2/b2-1+. The summed E-state index contributed by atoms with van der Waals surface area (Å²) < 4.78 is 13.7. The zero-order valence-electron chi connectivity index (χ0n) is 6.73. The highest BCUT2D eigenvalue weighted by molar-refractivity contribution is 9.10. The molecule has 0 amide bonds. The molecule has 0 saturated carbocycles. The number of hydrogen-bond donors (Lipinski definition) is 1. The molecule has 1 nitrogen and oxygen atoms in total. The van der Waals surface area contributed by atoms with Crippen LogP contribution in [0.15, 0.2) is 22.7 Å². The second-order valence-electron chi connectivity index (χ2n) is 2.43. The van der Waals surface area contributed by atoms with Gasteiger partial charge < -0.3 is 5.73 Å². The Bertz CT molecular complexity index is 339. The molecule has 13 heavy (non-hydrogen) atoms. The lowest BCUT2D eigenvalue weighted by molar-refractivity contribution is 0.627. The molecule has 0 spiro atoms. The van der Waals surface area contributed by atoms with Crippen LogP contribution < -0.4 is 5.73 Å². The van der Waals surface area contributed by atoms with Gasteiger partial charge in [0.05, 0.1) is 5.02 Å². The first-order valence-corrected chi connectivity index (χ1v) is 4.83. The maximum absolute atomic E-state index is 13.0. The second-order valence-corrected chi connectivity index (χ2v) is 3.72. The monoisotopic (exact) mass is 263 g/mol. The Balaban J connectivity index is 3.12. The van der Waals surface area contributed by atoms with Gasteiger partial charge >= 0.3 is 0 Å². The average molecular weight is 265 g/mol. The summed E-state index contributed by atoms with van der Waals surface area (Å²) in [6, 6.07) is 3.06. The fraction of sp³-hybridized carbons (Fsp3) is 0.111. The lowest BCUT2D eigenvalue weighted by atomic mass is 10.2. The lowest BCUT2D eigenvalue weighted by Gasteiger charge is -2.00. The van der Waals surface area contributed by atoms with Gasteiger partial charge in [-0.2, -0.15) is 0 Å². The fourth-order valence-electron chi connectivity index (χ4n) is 0.892. The Morgan fingerprint density at radius 1 is 1.54 bits per heavy atom. The van der Waals surface area contributed by atoms with E-state index in [9.17, 15) is 4.39 Å². The van der Waals surface area contributed by atoms with Crippen LogP contribution in [-0.2, 0) is 0 Å². The van der Waals surface area contributed by atoms with Crippen LogP contribution in [0.3, 0.4) is 0 Å². The van der Waals surface area contributed by atoms with Gasteiger partial charge in [-0.15, -0.1) is 0 Å². The van der Waals surface area contributed by atoms with E-state index in [1.165, 1.54) is 6.07 Å². The van der Waals surface area contributed by atoms with E-state index in [2.05, 4.69) is 15.9 Å². The minimum atomic E-state index is -0.437. The van der Waals surface area contributed by atoms with E-state index < -0.39 is 5.82 Å². The van der Waals surface area contributed by atoms with Crippen molar-refractivity contribution < 1.29 is 4.39 Å². The molecule has 1 rings (SSSR count). The number of nitrogens with two attached hydrogens (primary N) is 1. The van der Waals surface area contributed by atoms with E-state index in [0.29, 0.717) is 16.6 Å². The van der Waals surface area contributed by atoms with Gasteiger partial charge in [-0.3, -0.25) is 0 Å². The third-order valence-corrected chi connectivity index (χ3v) is 2.31. The average Bonchev–Trinajstić information content (AvgIpc) is 2.09. The van der Waals surface area contributed by atoms with Crippen LogP contribution in [0.25, 0.3) is 6.08 Å². The number of benzene rings is 1. The highest BCUT2D eigenvalue weighted by Crippen LogP contribution is 2.25. The predicted molar refractivity (Wildman–Crippen MR) is 57.2 cm³/mol. The Morgan fingerprint density at radius 3 is 2.85 bits per heavy atom. The molecular weight excluding hydrogens is 256 g/mol. The molecule has 0 aliphatic rings. The number of hydrogen-bond acceptors (Lipinski definition) is 1. The third-order valence-electron chi connectivity index (χ3n) is 1.45. The van der Waals surface area contributed by atoms with Gasteiger partial charge in [0.1, 0.15) is 5.82 Å². The van der Waals surface area contributed by atoms with E-state index in [4.69, 9.17) is 17.3 Å². The van der Waals surface area contributed by atoms with Crippen LogP contribution in [0.4, 0.5) is 4.39 Å². The summed E-state index contributed by atoms with van der Waals surface area (Å²) in [6.07, 6.45) is 3.41. The van der Waals surface area contributed by atoms with Gasteiger partial charge in [-0.25, -0.2) is 4.39 Å².